The third-order valence-corrected chi connectivity index (χ3v) is 7.60. The molecule has 0 heterocycles. The van der Waals surface area contributed by atoms with Crippen LogP contribution in [0.3, 0.4) is 0 Å². The van der Waals surface area contributed by atoms with Crippen molar-refractivity contribution in [2.75, 3.05) is 0 Å². The van der Waals surface area contributed by atoms with E-state index >= 15 is 0 Å². The molecule has 0 N–H and O–H groups in total. The number of rotatable bonds is 3. The molecule has 35 heavy (non-hydrogen) atoms. The van der Waals surface area contributed by atoms with E-state index in [1.165, 1.54) is 69.6 Å². The van der Waals surface area contributed by atoms with Crippen LogP contribution >= 0.6 is 0 Å². The van der Waals surface area contributed by atoms with E-state index in [9.17, 15) is 0 Å². The first-order chi connectivity index (χ1) is 15.9. The van der Waals surface area contributed by atoms with Gasteiger partial charge in [0, 0.05) is 0 Å². The maximum absolute atomic E-state index is 3.37. The van der Waals surface area contributed by atoms with E-state index in [0.29, 0.717) is 11.8 Å². The smallest absolute Gasteiger partial charge is 0.0253 e. The van der Waals surface area contributed by atoms with Crippen molar-refractivity contribution in [1.82, 2.24) is 0 Å². The third kappa shape index (κ3) is 8.82. The summed E-state index contributed by atoms with van der Waals surface area (Å²) in [6.45, 7) is 11.0. The fraction of sp³-hybridized carbons (Fsp3) is 0.281. The standard InChI is InChI=1S/C13H9.C10H15.C9H10.2ClH.Zr/c1-3-7-12-10(5-1)9-11-6-2-4-8-13(11)12;1-7(2)10-6-8(3)5-9(10)4;1-2-6-9-7-4-3-5-8-9;;;/h1-5,7-8H,9H2;6-8H,1-4H3;3-5,7-8H,2H2,1H3;2*1H;/q2*-1;;;;+2/p-2. The maximum atomic E-state index is 3.37. The first-order valence-electron chi connectivity index (χ1n) is 11.9. The van der Waals surface area contributed by atoms with E-state index in [2.05, 4.69) is 120 Å². The average molecular weight is 581 g/mol. The second-order valence-electron chi connectivity index (χ2n) is 8.93. The molecular weight excluding hydrogens is 546 g/mol. The van der Waals surface area contributed by atoms with E-state index in [0.717, 1.165) is 6.42 Å². The van der Waals surface area contributed by atoms with Gasteiger partial charge in [0.2, 0.25) is 0 Å². The van der Waals surface area contributed by atoms with Crippen LogP contribution in [0, 0.1) is 24.0 Å². The van der Waals surface area contributed by atoms with Crippen LogP contribution in [0.25, 0.3) is 11.1 Å². The predicted octanol–water partition coefficient (Wildman–Crippen LogP) is 2.20. The van der Waals surface area contributed by atoms with Gasteiger partial charge < -0.3 is 24.8 Å². The Morgan fingerprint density at radius 2 is 1.57 bits per heavy atom. The van der Waals surface area contributed by atoms with Crippen LogP contribution in [0.2, 0.25) is 0 Å². The molecule has 0 nitrogen and oxygen atoms in total. The summed E-state index contributed by atoms with van der Waals surface area (Å²) in [6.07, 6.45) is 7.91. The van der Waals surface area contributed by atoms with Crippen LogP contribution in [-0.4, -0.2) is 3.21 Å². The summed E-state index contributed by atoms with van der Waals surface area (Å²) in [5, 5.41) is 0. The number of fused-ring (bicyclic) bond motifs is 3. The molecule has 5 rings (SSSR count). The number of hydrogen-bond donors (Lipinski definition) is 0. The summed E-state index contributed by atoms with van der Waals surface area (Å²) in [5.41, 5.74) is 9.74. The van der Waals surface area contributed by atoms with E-state index in [4.69, 9.17) is 0 Å². The van der Waals surface area contributed by atoms with Crippen LogP contribution < -0.4 is 24.8 Å². The molecule has 1 atom stereocenters. The van der Waals surface area contributed by atoms with Crippen molar-refractivity contribution in [2.24, 2.45) is 11.8 Å². The fourth-order valence-corrected chi connectivity index (χ4v) is 4.74. The molecule has 0 radical (unpaired) electrons. The summed E-state index contributed by atoms with van der Waals surface area (Å²) < 4.78 is 1.55. The van der Waals surface area contributed by atoms with Crippen molar-refractivity contribution in [3.05, 3.63) is 119 Å². The molecular formula is C32H34Cl2Zr-2. The molecule has 0 spiro atoms. The molecule has 0 bridgehead atoms. The Bertz CT molecular complexity index is 1100. The number of hydrogen-bond acceptors (Lipinski definition) is 0. The molecule has 0 saturated heterocycles. The normalized spacial score (nSPS) is 14.5. The summed E-state index contributed by atoms with van der Waals surface area (Å²) in [6, 6.07) is 28.7. The van der Waals surface area contributed by atoms with Crippen molar-refractivity contribution in [1.29, 1.82) is 0 Å². The number of benzene rings is 3. The summed E-state index contributed by atoms with van der Waals surface area (Å²) in [4.78, 5) is 0. The molecule has 3 aromatic carbocycles. The van der Waals surface area contributed by atoms with Crippen LogP contribution in [0.1, 0.15) is 57.7 Å². The van der Waals surface area contributed by atoms with Crippen molar-refractivity contribution in [3.8, 4) is 11.1 Å². The second kappa shape index (κ2) is 15.6. The average Bonchev–Trinajstić information content (AvgIpc) is 3.39. The van der Waals surface area contributed by atoms with Gasteiger partial charge in [0.1, 0.15) is 0 Å². The molecule has 0 aromatic heterocycles. The monoisotopic (exact) mass is 578 g/mol. The molecule has 3 aromatic rings. The Morgan fingerprint density at radius 1 is 0.943 bits per heavy atom. The Morgan fingerprint density at radius 3 is 2.14 bits per heavy atom. The fourth-order valence-electron chi connectivity index (χ4n) is 4.33. The number of halogens is 2. The summed E-state index contributed by atoms with van der Waals surface area (Å²) >= 11 is 1.54. The Hall–Kier alpha value is -1.53. The van der Waals surface area contributed by atoms with E-state index in [-0.39, 0.29) is 24.8 Å². The van der Waals surface area contributed by atoms with Gasteiger partial charge in [-0.3, -0.25) is 6.08 Å². The molecule has 182 valence electrons. The zero-order valence-electron chi connectivity index (χ0n) is 21.3. The SMILES string of the molecule is CC1=[C-]C(C)C=C1C(C)C.CC[C](=[Zr+2])c1ccccc1.[Cl-].[Cl-].[c-]1cccc2c1Cc1ccccc1-2. The first kappa shape index (κ1) is 31.5. The number of allylic oxidation sites excluding steroid dienone is 4. The van der Waals surface area contributed by atoms with Gasteiger partial charge in [-0.05, 0) is 6.42 Å². The van der Waals surface area contributed by atoms with Gasteiger partial charge in [0.15, 0.2) is 0 Å². The van der Waals surface area contributed by atoms with Crippen molar-refractivity contribution in [3.63, 3.8) is 0 Å². The summed E-state index contributed by atoms with van der Waals surface area (Å²) in [5.74, 6) is 1.20. The van der Waals surface area contributed by atoms with Gasteiger partial charge in [0.25, 0.3) is 0 Å². The van der Waals surface area contributed by atoms with Gasteiger partial charge in [-0.25, -0.2) is 5.57 Å². The minimum Gasteiger partial charge on any atom is -1.00 e. The van der Waals surface area contributed by atoms with Gasteiger partial charge in [0.05, 0.1) is 0 Å². The Labute approximate surface area is 240 Å². The predicted molar refractivity (Wildman–Crippen MR) is 139 cm³/mol. The quantitative estimate of drug-likeness (QED) is 0.326. The second-order valence-corrected chi connectivity index (χ2v) is 10.4. The molecule has 0 fully saturated rings. The van der Waals surface area contributed by atoms with Crippen molar-refractivity contribution < 1.29 is 49.0 Å². The van der Waals surface area contributed by atoms with E-state index in [1.54, 1.807) is 3.21 Å². The molecule has 0 saturated carbocycles. The summed E-state index contributed by atoms with van der Waals surface area (Å²) in [7, 11) is 0. The van der Waals surface area contributed by atoms with Crippen molar-refractivity contribution >= 4 is 3.21 Å². The molecule has 0 amide bonds. The molecule has 2 aliphatic carbocycles. The van der Waals surface area contributed by atoms with E-state index in [1.807, 2.05) is 6.07 Å². The van der Waals surface area contributed by atoms with Gasteiger partial charge in [-0.15, -0.1) is 5.56 Å². The molecule has 2 aliphatic rings. The minimum absolute atomic E-state index is 0. The molecule has 0 aliphatic heterocycles. The largest absolute Gasteiger partial charge is 1.00 e. The minimum atomic E-state index is 0. The van der Waals surface area contributed by atoms with E-state index < -0.39 is 0 Å². The van der Waals surface area contributed by atoms with Gasteiger partial charge in [-0.1, -0.05) is 74.9 Å². The van der Waals surface area contributed by atoms with Crippen LogP contribution in [0.15, 0.2) is 90.0 Å². The molecule has 1 unspecified atom stereocenters. The first-order valence-corrected chi connectivity index (χ1v) is 13.2. The Kier molecular flexibility index (Phi) is 14.0. The van der Waals surface area contributed by atoms with Gasteiger partial charge in [-0.2, -0.15) is 41.5 Å². The van der Waals surface area contributed by atoms with Gasteiger partial charge >= 0.3 is 76.7 Å². The maximum Gasteiger partial charge on any atom is -0.0253 e. The zero-order valence-corrected chi connectivity index (χ0v) is 25.3. The molecule has 3 heteroatoms. The van der Waals surface area contributed by atoms with Crippen LogP contribution in [0.4, 0.5) is 0 Å². The van der Waals surface area contributed by atoms with Crippen molar-refractivity contribution in [2.45, 2.75) is 47.5 Å². The Balaban J connectivity index is 0.000000259. The zero-order chi connectivity index (χ0) is 23.8. The topological polar surface area (TPSA) is 0 Å². The van der Waals surface area contributed by atoms with Crippen LogP contribution in [0.5, 0.6) is 0 Å². The van der Waals surface area contributed by atoms with Crippen LogP contribution in [-0.2, 0) is 30.7 Å². The third-order valence-electron chi connectivity index (χ3n) is 6.02.